The molecule has 110 valence electrons. The van der Waals surface area contributed by atoms with E-state index in [9.17, 15) is 4.79 Å². The minimum absolute atomic E-state index is 0.0326. The normalized spacial score (nSPS) is 19.8. The summed E-state index contributed by atoms with van der Waals surface area (Å²) in [4.78, 5) is 13.9. The lowest BCUT2D eigenvalue weighted by Gasteiger charge is -2.29. The van der Waals surface area contributed by atoms with Crippen LogP contribution in [0.25, 0.3) is 0 Å². The molecule has 1 aromatic carbocycles. The van der Waals surface area contributed by atoms with E-state index in [0.717, 1.165) is 19.0 Å². The standard InChI is InChI=1S/C16H25N3O/c1-17-16(20)15-7-5-13(6-8-15)10-18-11-14-4-3-9-19(2)12-14/h5-8,14,18H,3-4,9-12H2,1-2H3,(H,17,20). The van der Waals surface area contributed by atoms with E-state index >= 15 is 0 Å². The van der Waals surface area contributed by atoms with Crippen molar-refractivity contribution < 1.29 is 4.79 Å². The summed E-state index contributed by atoms with van der Waals surface area (Å²) in [5, 5.41) is 6.16. The number of likely N-dealkylation sites (tertiary alicyclic amines) is 1. The number of amides is 1. The van der Waals surface area contributed by atoms with Crippen LogP contribution in [-0.4, -0.2) is 44.5 Å². The van der Waals surface area contributed by atoms with E-state index in [1.807, 2.05) is 24.3 Å². The maximum absolute atomic E-state index is 11.4. The number of carbonyl (C=O) groups excluding carboxylic acids is 1. The molecule has 1 aromatic rings. The van der Waals surface area contributed by atoms with E-state index in [1.54, 1.807) is 7.05 Å². The second-order valence-electron chi connectivity index (χ2n) is 5.68. The molecule has 4 heteroatoms. The Balaban J connectivity index is 1.75. The van der Waals surface area contributed by atoms with Gasteiger partial charge in [-0.3, -0.25) is 4.79 Å². The average Bonchev–Trinajstić information content (AvgIpc) is 2.47. The first-order chi connectivity index (χ1) is 9.69. The van der Waals surface area contributed by atoms with Crippen LogP contribution in [0.4, 0.5) is 0 Å². The van der Waals surface area contributed by atoms with Crippen molar-refractivity contribution in [3.8, 4) is 0 Å². The monoisotopic (exact) mass is 275 g/mol. The number of hydrogen-bond acceptors (Lipinski definition) is 3. The first-order valence-electron chi connectivity index (χ1n) is 7.39. The van der Waals surface area contributed by atoms with Gasteiger partial charge in [0.15, 0.2) is 0 Å². The van der Waals surface area contributed by atoms with Gasteiger partial charge in [-0.1, -0.05) is 12.1 Å². The van der Waals surface area contributed by atoms with Crippen molar-refractivity contribution in [1.29, 1.82) is 0 Å². The summed E-state index contributed by atoms with van der Waals surface area (Å²) in [5.74, 6) is 0.730. The van der Waals surface area contributed by atoms with Gasteiger partial charge in [0.1, 0.15) is 0 Å². The van der Waals surface area contributed by atoms with Gasteiger partial charge in [0, 0.05) is 25.7 Å². The zero-order valence-corrected chi connectivity index (χ0v) is 12.5. The van der Waals surface area contributed by atoms with Gasteiger partial charge in [-0.25, -0.2) is 0 Å². The molecule has 1 atom stereocenters. The van der Waals surface area contributed by atoms with Crippen molar-refractivity contribution in [1.82, 2.24) is 15.5 Å². The third-order valence-electron chi connectivity index (χ3n) is 3.93. The van der Waals surface area contributed by atoms with E-state index in [4.69, 9.17) is 0 Å². The lowest BCUT2D eigenvalue weighted by Crippen LogP contribution is -2.37. The van der Waals surface area contributed by atoms with Gasteiger partial charge >= 0.3 is 0 Å². The Labute approximate surface area is 121 Å². The van der Waals surface area contributed by atoms with Crippen molar-refractivity contribution in [3.63, 3.8) is 0 Å². The van der Waals surface area contributed by atoms with Gasteiger partial charge in [-0.2, -0.15) is 0 Å². The maximum atomic E-state index is 11.4. The number of nitrogens with one attached hydrogen (secondary N) is 2. The zero-order chi connectivity index (χ0) is 14.4. The van der Waals surface area contributed by atoms with Gasteiger partial charge in [0.2, 0.25) is 0 Å². The van der Waals surface area contributed by atoms with Gasteiger partial charge in [-0.05, 0) is 56.6 Å². The fourth-order valence-corrected chi connectivity index (χ4v) is 2.78. The smallest absolute Gasteiger partial charge is 0.251 e. The molecular formula is C16H25N3O. The Kier molecular flexibility index (Phi) is 5.56. The van der Waals surface area contributed by atoms with Crippen LogP contribution < -0.4 is 10.6 Å². The summed E-state index contributed by atoms with van der Waals surface area (Å²) >= 11 is 0. The minimum atomic E-state index is -0.0326. The summed E-state index contributed by atoms with van der Waals surface area (Å²) in [6.45, 7) is 4.37. The highest BCUT2D eigenvalue weighted by atomic mass is 16.1. The number of rotatable bonds is 5. The van der Waals surface area contributed by atoms with Gasteiger partial charge in [0.25, 0.3) is 5.91 Å². The molecule has 0 saturated carbocycles. The first-order valence-corrected chi connectivity index (χ1v) is 7.39. The van der Waals surface area contributed by atoms with Crippen molar-refractivity contribution in [2.24, 2.45) is 5.92 Å². The Hall–Kier alpha value is -1.39. The maximum Gasteiger partial charge on any atom is 0.251 e. The Morgan fingerprint density at radius 3 is 2.75 bits per heavy atom. The fourth-order valence-electron chi connectivity index (χ4n) is 2.78. The van der Waals surface area contributed by atoms with Gasteiger partial charge < -0.3 is 15.5 Å². The van der Waals surface area contributed by atoms with Crippen molar-refractivity contribution in [3.05, 3.63) is 35.4 Å². The molecule has 0 aliphatic carbocycles. The van der Waals surface area contributed by atoms with Crippen LogP contribution in [0.2, 0.25) is 0 Å². The molecule has 0 aromatic heterocycles. The lowest BCUT2D eigenvalue weighted by molar-refractivity contribution is 0.0963. The fraction of sp³-hybridized carbons (Fsp3) is 0.562. The van der Waals surface area contributed by atoms with Crippen LogP contribution in [0.3, 0.4) is 0 Å². The number of nitrogens with zero attached hydrogens (tertiary/aromatic N) is 1. The molecule has 4 nitrogen and oxygen atoms in total. The van der Waals surface area contributed by atoms with Crippen molar-refractivity contribution in [2.45, 2.75) is 19.4 Å². The van der Waals surface area contributed by atoms with Crippen LogP contribution in [0.1, 0.15) is 28.8 Å². The number of hydrogen-bond donors (Lipinski definition) is 2. The summed E-state index contributed by atoms with van der Waals surface area (Å²) in [5.41, 5.74) is 1.94. The molecule has 1 fully saturated rings. The van der Waals surface area contributed by atoms with Crippen molar-refractivity contribution in [2.75, 3.05) is 33.7 Å². The van der Waals surface area contributed by atoms with Crippen LogP contribution in [0, 0.1) is 5.92 Å². The summed E-state index contributed by atoms with van der Waals surface area (Å²) in [6, 6.07) is 7.80. The molecule has 0 bridgehead atoms. The lowest BCUT2D eigenvalue weighted by atomic mass is 9.98. The molecule has 2 N–H and O–H groups in total. The van der Waals surface area contributed by atoms with Gasteiger partial charge in [0.05, 0.1) is 0 Å². The SMILES string of the molecule is CNC(=O)c1ccc(CNCC2CCCN(C)C2)cc1. The Morgan fingerprint density at radius 1 is 1.35 bits per heavy atom. The Morgan fingerprint density at radius 2 is 2.10 bits per heavy atom. The minimum Gasteiger partial charge on any atom is -0.355 e. The molecule has 1 aliphatic heterocycles. The van der Waals surface area contributed by atoms with E-state index < -0.39 is 0 Å². The predicted octanol–water partition coefficient (Wildman–Crippen LogP) is 1.48. The van der Waals surface area contributed by atoms with Gasteiger partial charge in [-0.15, -0.1) is 0 Å². The number of carbonyl (C=O) groups is 1. The largest absolute Gasteiger partial charge is 0.355 e. The molecule has 1 amide bonds. The third kappa shape index (κ3) is 4.32. The van der Waals surface area contributed by atoms with Crippen LogP contribution in [0.5, 0.6) is 0 Å². The molecule has 1 heterocycles. The van der Waals surface area contributed by atoms with E-state index in [2.05, 4.69) is 22.6 Å². The highest BCUT2D eigenvalue weighted by molar-refractivity contribution is 5.93. The highest BCUT2D eigenvalue weighted by Crippen LogP contribution is 2.14. The summed E-state index contributed by atoms with van der Waals surface area (Å²) in [6.07, 6.45) is 2.64. The first kappa shape index (κ1) is 15.0. The third-order valence-corrected chi connectivity index (χ3v) is 3.93. The predicted molar refractivity (Wildman–Crippen MR) is 81.8 cm³/mol. The average molecular weight is 275 g/mol. The topological polar surface area (TPSA) is 44.4 Å². The van der Waals surface area contributed by atoms with E-state index in [1.165, 1.54) is 31.5 Å². The number of piperidine rings is 1. The van der Waals surface area contributed by atoms with Crippen LogP contribution >= 0.6 is 0 Å². The second kappa shape index (κ2) is 7.41. The summed E-state index contributed by atoms with van der Waals surface area (Å²) in [7, 11) is 3.85. The Bertz CT molecular complexity index is 430. The zero-order valence-electron chi connectivity index (χ0n) is 12.5. The van der Waals surface area contributed by atoms with Crippen LogP contribution in [-0.2, 0) is 6.54 Å². The van der Waals surface area contributed by atoms with Crippen molar-refractivity contribution >= 4 is 5.91 Å². The second-order valence-corrected chi connectivity index (χ2v) is 5.68. The molecule has 20 heavy (non-hydrogen) atoms. The molecule has 0 spiro atoms. The number of benzene rings is 1. The molecule has 2 rings (SSSR count). The van der Waals surface area contributed by atoms with E-state index in [-0.39, 0.29) is 5.91 Å². The molecule has 1 saturated heterocycles. The molecule has 0 radical (unpaired) electrons. The van der Waals surface area contributed by atoms with E-state index in [0.29, 0.717) is 5.56 Å². The molecule has 1 aliphatic rings. The highest BCUT2D eigenvalue weighted by Gasteiger charge is 2.16. The molecule has 1 unspecified atom stereocenters. The quantitative estimate of drug-likeness (QED) is 0.855. The molecular weight excluding hydrogens is 250 g/mol. The van der Waals surface area contributed by atoms with Crippen LogP contribution in [0.15, 0.2) is 24.3 Å². The summed E-state index contributed by atoms with van der Waals surface area (Å²) < 4.78 is 0.